The number of fused-ring (bicyclic) bond motifs is 1. The van der Waals surface area contributed by atoms with Crippen molar-refractivity contribution >= 4 is 11.5 Å². The summed E-state index contributed by atoms with van der Waals surface area (Å²) in [6.45, 7) is -1.28. The Bertz CT molecular complexity index is 734. The van der Waals surface area contributed by atoms with E-state index in [9.17, 15) is 8.78 Å². The van der Waals surface area contributed by atoms with E-state index in [4.69, 9.17) is 21.6 Å². The van der Waals surface area contributed by atoms with E-state index < -0.39 is 6.61 Å². The maximum Gasteiger partial charge on any atom is 0.387 e. The Morgan fingerprint density at radius 3 is 2.64 bits per heavy atom. The summed E-state index contributed by atoms with van der Waals surface area (Å²) in [6, 6.07) is 1.29. The summed E-state index contributed by atoms with van der Waals surface area (Å²) < 4.78 is 34.4. The highest BCUT2D eigenvalue weighted by Crippen LogP contribution is 2.67. The number of allylic oxidation sites excluding steroid dienone is 2. The maximum absolute atomic E-state index is 12.4. The lowest BCUT2D eigenvalue weighted by molar-refractivity contribution is -0.116. The fourth-order valence-corrected chi connectivity index (χ4v) is 4.34. The first kappa shape index (κ1) is 16.3. The molecule has 1 aliphatic heterocycles. The highest BCUT2D eigenvalue weighted by Gasteiger charge is 2.64. The van der Waals surface area contributed by atoms with Gasteiger partial charge in [0.1, 0.15) is 0 Å². The average molecular weight is 350 g/mol. The summed E-state index contributed by atoms with van der Waals surface area (Å²) in [6.07, 6.45) is 5.22. The number of nitrogens with two attached hydrogens (primary N) is 2. The second-order valence-electron chi connectivity index (χ2n) is 7.30. The fourth-order valence-electron chi connectivity index (χ4n) is 4.34. The lowest BCUT2D eigenvalue weighted by Crippen LogP contribution is -2.41. The molecule has 0 radical (unpaired) electrons. The Kier molecular flexibility index (Phi) is 3.68. The zero-order valence-corrected chi connectivity index (χ0v) is 13.5. The van der Waals surface area contributed by atoms with Gasteiger partial charge in [-0.15, -0.1) is 0 Å². The van der Waals surface area contributed by atoms with Crippen molar-refractivity contribution in [1.82, 2.24) is 4.98 Å². The normalized spacial score (nSPS) is 29.4. The van der Waals surface area contributed by atoms with Crippen molar-refractivity contribution in [3.05, 3.63) is 29.6 Å². The number of ether oxygens (including phenoxy) is 2. The van der Waals surface area contributed by atoms with Gasteiger partial charge in [0.15, 0.2) is 11.6 Å². The van der Waals surface area contributed by atoms with Crippen LogP contribution in [-0.2, 0) is 4.74 Å². The lowest BCUT2D eigenvalue weighted by Gasteiger charge is -2.40. The third-order valence-electron chi connectivity index (χ3n) is 5.59. The molecule has 8 heteroatoms. The van der Waals surface area contributed by atoms with E-state index in [-0.39, 0.29) is 17.3 Å². The number of hydrogen-bond donors (Lipinski definition) is 3. The van der Waals surface area contributed by atoms with Crippen LogP contribution in [0.1, 0.15) is 18.4 Å². The third kappa shape index (κ3) is 2.84. The van der Waals surface area contributed by atoms with Gasteiger partial charge in [-0.2, -0.15) is 8.78 Å². The van der Waals surface area contributed by atoms with Crippen LogP contribution in [0.25, 0.3) is 0 Å². The highest BCUT2D eigenvalue weighted by molar-refractivity contribution is 6.07. The van der Waals surface area contributed by atoms with Gasteiger partial charge in [-0.1, -0.05) is 0 Å². The van der Waals surface area contributed by atoms with Crippen molar-refractivity contribution < 1.29 is 18.3 Å². The monoisotopic (exact) mass is 350 g/mol. The molecule has 2 atom stereocenters. The Hall–Kier alpha value is -2.22. The fraction of sp³-hybridized carbons (Fsp3) is 0.529. The Morgan fingerprint density at radius 2 is 2.08 bits per heavy atom. The van der Waals surface area contributed by atoms with Crippen LogP contribution >= 0.6 is 0 Å². The van der Waals surface area contributed by atoms with Crippen LogP contribution in [0.15, 0.2) is 24.0 Å². The van der Waals surface area contributed by atoms with E-state index in [1.54, 1.807) is 6.08 Å². The summed E-state index contributed by atoms with van der Waals surface area (Å²) >= 11 is 0. The van der Waals surface area contributed by atoms with Gasteiger partial charge < -0.3 is 26.4 Å². The van der Waals surface area contributed by atoms with Gasteiger partial charge in [0, 0.05) is 28.8 Å². The Balaban J connectivity index is 1.44. The molecule has 2 unspecified atom stereocenters. The van der Waals surface area contributed by atoms with Crippen LogP contribution in [0, 0.1) is 28.6 Å². The smallest absolute Gasteiger partial charge is 0.387 e. The molecule has 2 saturated carbocycles. The van der Waals surface area contributed by atoms with Gasteiger partial charge in [-0.3, -0.25) is 0 Å². The summed E-state index contributed by atoms with van der Waals surface area (Å²) in [7, 11) is 0. The zero-order chi connectivity index (χ0) is 17.8. The first-order valence-electron chi connectivity index (χ1n) is 8.23. The molecule has 0 amide bonds. The molecule has 4 rings (SSSR count). The maximum atomic E-state index is 12.4. The van der Waals surface area contributed by atoms with Gasteiger partial charge in [-0.05, 0) is 36.8 Å². The van der Waals surface area contributed by atoms with E-state index in [1.807, 2.05) is 0 Å². The molecule has 1 aromatic heterocycles. The first-order chi connectivity index (χ1) is 11.9. The number of alkyl halides is 2. The van der Waals surface area contributed by atoms with Crippen LogP contribution in [-0.4, -0.2) is 30.5 Å². The predicted molar refractivity (Wildman–Crippen MR) is 87.3 cm³/mol. The van der Waals surface area contributed by atoms with Crippen molar-refractivity contribution in [3.63, 3.8) is 0 Å². The van der Waals surface area contributed by atoms with Crippen molar-refractivity contribution in [2.45, 2.75) is 19.5 Å². The molecule has 1 saturated heterocycles. The van der Waals surface area contributed by atoms with E-state index in [1.165, 1.54) is 12.3 Å². The summed E-state index contributed by atoms with van der Waals surface area (Å²) in [4.78, 5) is 3.81. The molecule has 3 fully saturated rings. The van der Waals surface area contributed by atoms with E-state index >= 15 is 0 Å². The van der Waals surface area contributed by atoms with Crippen LogP contribution in [0.4, 0.5) is 14.6 Å². The Morgan fingerprint density at radius 1 is 1.40 bits per heavy atom. The molecule has 1 aromatic rings. The first-order valence-corrected chi connectivity index (χ1v) is 8.23. The molecule has 2 aliphatic carbocycles. The summed E-state index contributed by atoms with van der Waals surface area (Å²) in [5.74, 6) is 1.09. The Labute approximate surface area is 143 Å². The lowest BCUT2D eigenvalue weighted by atomic mass is 9.79. The number of nitrogen functional groups attached to an aromatic ring is 1. The molecule has 0 bridgehead atoms. The van der Waals surface area contributed by atoms with E-state index in [0.717, 1.165) is 26.1 Å². The number of halogens is 2. The number of anilines is 1. The molecular weight excluding hydrogens is 330 g/mol. The van der Waals surface area contributed by atoms with E-state index in [2.05, 4.69) is 9.72 Å². The SMILES string of the molecule is N=C(/C=C(\N)C1C2CC3(COC3)CC21)c1cnc(N)c(OC(F)F)c1. The second-order valence-corrected chi connectivity index (χ2v) is 7.30. The van der Waals surface area contributed by atoms with Crippen LogP contribution < -0.4 is 16.2 Å². The van der Waals surface area contributed by atoms with Crippen molar-refractivity contribution in [3.8, 4) is 5.75 Å². The number of pyridine rings is 1. The highest BCUT2D eigenvalue weighted by atomic mass is 19.3. The molecule has 25 heavy (non-hydrogen) atoms. The zero-order valence-electron chi connectivity index (χ0n) is 13.5. The second kappa shape index (κ2) is 5.66. The molecule has 3 aliphatic rings. The predicted octanol–water partition coefficient (Wildman–Crippen LogP) is 2.15. The minimum absolute atomic E-state index is 0.107. The topological polar surface area (TPSA) is 107 Å². The van der Waals surface area contributed by atoms with Gasteiger partial charge in [0.2, 0.25) is 0 Å². The number of rotatable bonds is 5. The van der Waals surface area contributed by atoms with Gasteiger partial charge in [0.25, 0.3) is 0 Å². The number of aromatic nitrogens is 1. The third-order valence-corrected chi connectivity index (χ3v) is 5.59. The largest absolute Gasteiger partial charge is 0.431 e. The van der Waals surface area contributed by atoms with Gasteiger partial charge in [-0.25, -0.2) is 4.98 Å². The summed E-state index contributed by atoms with van der Waals surface area (Å²) in [5, 5.41) is 8.16. The van der Waals surface area contributed by atoms with Crippen molar-refractivity contribution in [2.24, 2.45) is 28.9 Å². The van der Waals surface area contributed by atoms with Gasteiger partial charge >= 0.3 is 6.61 Å². The number of nitrogens with zero attached hydrogens (tertiary/aromatic N) is 1. The minimum atomic E-state index is -3.00. The molecule has 6 nitrogen and oxygen atoms in total. The van der Waals surface area contributed by atoms with Crippen LogP contribution in [0.5, 0.6) is 5.75 Å². The average Bonchev–Trinajstić information content (AvgIpc) is 3.03. The molecule has 1 spiro atoms. The standard InChI is InChI=1S/C17H20F2N4O2/c18-16(19)25-13-1-8(5-23-15(13)22)11(20)2-12(21)14-9-3-17(4-10(9)14)6-24-7-17/h1-2,5,9-10,14,16,20H,3-4,6-7,21H2,(H2,22,23)/b12-2-,20-11?. The van der Waals surface area contributed by atoms with Crippen LogP contribution in [0.3, 0.4) is 0 Å². The quantitative estimate of drug-likeness (QED) is 0.705. The molecule has 0 aromatic carbocycles. The van der Waals surface area contributed by atoms with Crippen LogP contribution in [0.2, 0.25) is 0 Å². The van der Waals surface area contributed by atoms with Gasteiger partial charge in [0.05, 0.1) is 18.9 Å². The van der Waals surface area contributed by atoms with Crippen molar-refractivity contribution in [1.29, 1.82) is 5.41 Å². The molecule has 2 heterocycles. The van der Waals surface area contributed by atoms with E-state index in [0.29, 0.717) is 34.4 Å². The van der Waals surface area contributed by atoms with Crippen molar-refractivity contribution in [2.75, 3.05) is 18.9 Å². The minimum Gasteiger partial charge on any atom is -0.431 e. The number of nitrogens with one attached hydrogen (secondary N) is 1. The molecular formula is C17H20F2N4O2. The number of hydrogen-bond acceptors (Lipinski definition) is 6. The molecule has 134 valence electrons. The molecule has 5 N–H and O–H groups in total. The summed E-state index contributed by atoms with van der Waals surface area (Å²) in [5.41, 5.74) is 13.2.